The number of aromatic nitrogens is 7. The fraction of sp³-hybridized carbons (Fsp3) is 0.400. The Balaban J connectivity index is 1.66. The van der Waals surface area contributed by atoms with E-state index in [1.807, 2.05) is 33.7 Å². The topological polar surface area (TPSA) is 98.3 Å². The quantitative estimate of drug-likeness (QED) is 0.325. The van der Waals surface area contributed by atoms with E-state index in [0.29, 0.717) is 12.4 Å². The number of tetrazole rings is 1. The molecule has 1 aromatic carbocycles. The average molecular weight is 527 g/mol. The van der Waals surface area contributed by atoms with Gasteiger partial charge in [-0.15, -0.1) is 5.10 Å². The van der Waals surface area contributed by atoms with Crippen molar-refractivity contribution in [1.82, 2.24) is 39.6 Å². The van der Waals surface area contributed by atoms with Crippen LogP contribution < -0.4 is 11.0 Å². The lowest BCUT2D eigenvalue weighted by atomic mass is 9.78. The summed E-state index contributed by atoms with van der Waals surface area (Å²) in [5, 5.41) is 17.6. The van der Waals surface area contributed by atoms with Crippen LogP contribution >= 0.6 is 0 Å². The summed E-state index contributed by atoms with van der Waals surface area (Å²) in [4.78, 5) is 14.3. The van der Waals surface area contributed by atoms with Gasteiger partial charge in [0.15, 0.2) is 5.82 Å². The normalized spacial score (nSPS) is 14.6. The van der Waals surface area contributed by atoms with Crippen molar-refractivity contribution in [3.8, 4) is 17.2 Å². The summed E-state index contributed by atoms with van der Waals surface area (Å²) >= 11 is 0. The zero-order valence-electron chi connectivity index (χ0n) is 23.5. The third-order valence-electron chi connectivity index (χ3n) is 7.55. The molecule has 3 aromatic heterocycles. The first kappa shape index (κ1) is 26.5. The molecular weight excluding hydrogens is 488 g/mol. The number of aryl methyl sites for hydroxylation is 2. The van der Waals surface area contributed by atoms with E-state index in [9.17, 15) is 4.79 Å². The van der Waals surface area contributed by atoms with Gasteiger partial charge in [0, 0.05) is 42.3 Å². The van der Waals surface area contributed by atoms with E-state index >= 15 is 0 Å². The fourth-order valence-corrected chi connectivity index (χ4v) is 5.37. The fourth-order valence-electron chi connectivity index (χ4n) is 5.37. The zero-order chi connectivity index (χ0) is 27.6. The Morgan fingerprint density at radius 3 is 2.54 bits per heavy atom. The van der Waals surface area contributed by atoms with Crippen molar-refractivity contribution in [1.29, 1.82) is 0 Å². The number of unbranched alkanes of at least 4 members (excludes halogenated alkanes) is 1. The van der Waals surface area contributed by atoms with Crippen LogP contribution in [0.5, 0.6) is 0 Å². The molecule has 0 spiro atoms. The first-order chi connectivity index (χ1) is 18.8. The van der Waals surface area contributed by atoms with Gasteiger partial charge in [-0.05, 0) is 65.7 Å². The minimum atomic E-state index is -0.536. The number of rotatable bonds is 9. The van der Waals surface area contributed by atoms with E-state index < -0.39 is 5.41 Å². The van der Waals surface area contributed by atoms with Gasteiger partial charge in [0.25, 0.3) is 0 Å². The molecule has 0 saturated heterocycles. The van der Waals surface area contributed by atoms with Crippen LogP contribution in [-0.2, 0) is 30.3 Å². The number of aromatic amines is 1. The predicted octanol–water partition coefficient (Wildman–Crippen LogP) is 4.85. The maximum atomic E-state index is 14.3. The number of hydrogen-bond acceptors (Lipinski definition) is 5. The third kappa shape index (κ3) is 5.01. The Bertz CT molecular complexity index is 1530. The average Bonchev–Trinajstić information content (AvgIpc) is 3.68. The lowest BCUT2D eigenvalue weighted by Crippen LogP contribution is -2.36. The van der Waals surface area contributed by atoms with Crippen LogP contribution in [0.15, 0.2) is 72.1 Å². The molecule has 204 valence electrons. The Labute approximate surface area is 229 Å². The van der Waals surface area contributed by atoms with Gasteiger partial charge in [0.2, 0.25) is 0 Å². The van der Waals surface area contributed by atoms with Gasteiger partial charge < -0.3 is 9.88 Å². The Kier molecular flexibility index (Phi) is 7.16. The molecule has 0 bridgehead atoms. The van der Waals surface area contributed by atoms with Gasteiger partial charge in [0.05, 0.1) is 5.41 Å². The Hall–Kier alpha value is -4.14. The van der Waals surface area contributed by atoms with Gasteiger partial charge in [-0.1, -0.05) is 64.5 Å². The highest BCUT2D eigenvalue weighted by atomic mass is 16.1. The van der Waals surface area contributed by atoms with E-state index in [1.54, 1.807) is 0 Å². The number of nitrogens with zero attached hydrogens (tertiary/aromatic N) is 6. The van der Waals surface area contributed by atoms with Crippen molar-refractivity contribution in [3.63, 3.8) is 0 Å². The summed E-state index contributed by atoms with van der Waals surface area (Å²) < 4.78 is 6.01. The lowest BCUT2D eigenvalue weighted by molar-refractivity contribution is 0.495. The molecule has 0 radical (unpaired) electrons. The summed E-state index contributed by atoms with van der Waals surface area (Å²) in [6.45, 7) is 12.2. The SMILES string of the molecule is CCCCc1cn(-c2c(C(C)(C)C)ccn2CC)c(=O)n1CC1(c2cccc(-c3nnn[nH]3)c2)C=CNC=C1. The molecule has 39 heavy (non-hydrogen) atoms. The number of H-pyrrole nitrogens is 1. The van der Waals surface area contributed by atoms with Crippen molar-refractivity contribution < 1.29 is 0 Å². The van der Waals surface area contributed by atoms with Crippen LogP contribution in [0.25, 0.3) is 17.2 Å². The molecule has 2 N–H and O–H groups in total. The summed E-state index contributed by atoms with van der Waals surface area (Å²) in [7, 11) is 0. The van der Waals surface area contributed by atoms with Gasteiger partial charge in [-0.25, -0.2) is 9.89 Å². The summed E-state index contributed by atoms with van der Waals surface area (Å²) in [5.74, 6) is 1.56. The highest BCUT2D eigenvalue weighted by Gasteiger charge is 2.32. The monoisotopic (exact) mass is 526 g/mol. The molecule has 0 saturated carbocycles. The number of imidazole rings is 1. The number of dihydropyridines is 1. The molecular formula is C30H38N8O. The van der Waals surface area contributed by atoms with Crippen molar-refractivity contribution in [2.24, 2.45) is 0 Å². The molecule has 4 aromatic rings. The smallest absolute Gasteiger partial charge is 0.334 e. The van der Waals surface area contributed by atoms with E-state index in [1.165, 1.54) is 0 Å². The van der Waals surface area contributed by atoms with Crippen LogP contribution in [-0.4, -0.2) is 34.3 Å². The van der Waals surface area contributed by atoms with E-state index in [2.05, 4.69) is 108 Å². The van der Waals surface area contributed by atoms with Crippen molar-refractivity contribution in [2.45, 2.75) is 77.8 Å². The molecule has 0 unspecified atom stereocenters. The standard InChI is InChI=1S/C30H38N8O/c1-6-8-12-24-20-37(27-25(29(3,4)5)13-18-36(27)7-2)28(39)38(24)21-30(14-16-31-17-15-30)23-11-9-10-22(19-23)26-32-34-35-33-26/h9-11,13-20,31H,6-8,12,21H2,1-5H3,(H,32,33,34,35). The number of hydrogen-bond donors (Lipinski definition) is 2. The van der Waals surface area contributed by atoms with Crippen LogP contribution in [0, 0.1) is 0 Å². The number of allylic oxidation sites excluding steroid dienone is 2. The van der Waals surface area contributed by atoms with Gasteiger partial charge >= 0.3 is 5.69 Å². The highest BCUT2D eigenvalue weighted by molar-refractivity contribution is 5.57. The largest absolute Gasteiger partial charge is 0.368 e. The number of nitrogens with one attached hydrogen (secondary N) is 2. The predicted molar refractivity (Wildman–Crippen MR) is 154 cm³/mol. The van der Waals surface area contributed by atoms with Crippen LogP contribution in [0.4, 0.5) is 0 Å². The minimum absolute atomic E-state index is 0.0182. The molecule has 9 heteroatoms. The van der Waals surface area contributed by atoms with E-state index in [-0.39, 0.29) is 11.1 Å². The summed E-state index contributed by atoms with van der Waals surface area (Å²) in [6, 6.07) is 10.3. The molecule has 9 nitrogen and oxygen atoms in total. The third-order valence-corrected chi connectivity index (χ3v) is 7.55. The van der Waals surface area contributed by atoms with Crippen molar-refractivity contribution in [2.75, 3.05) is 0 Å². The Morgan fingerprint density at radius 1 is 1.08 bits per heavy atom. The first-order valence-corrected chi connectivity index (χ1v) is 13.7. The molecule has 1 aliphatic heterocycles. The maximum absolute atomic E-state index is 14.3. The van der Waals surface area contributed by atoms with E-state index in [0.717, 1.165) is 54.0 Å². The molecule has 0 atom stereocenters. The molecule has 0 fully saturated rings. The lowest BCUT2D eigenvalue weighted by Gasteiger charge is -2.31. The Morgan fingerprint density at radius 2 is 1.87 bits per heavy atom. The summed E-state index contributed by atoms with van der Waals surface area (Å²) in [5.41, 5.74) is 3.50. The van der Waals surface area contributed by atoms with Crippen molar-refractivity contribution in [3.05, 3.63) is 94.6 Å². The molecule has 0 amide bonds. The second kappa shape index (κ2) is 10.6. The number of benzene rings is 1. The maximum Gasteiger partial charge on any atom is 0.334 e. The highest BCUT2D eigenvalue weighted by Crippen LogP contribution is 2.34. The summed E-state index contributed by atoms with van der Waals surface area (Å²) in [6.07, 6.45) is 15.2. The molecule has 0 aliphatic carbocycles. The molecule has 5 rings (SSSR count). The minimum Gasteiger partial charge on any atom is -0.368 e. The van der Waals surface area contributed by atoms with Gasteiger partial charge in [-0.2, -0.15) is 0 Å². The van der Waals surface area contributed by atoms with Crippen LogP contribution in [0.2, 0.25) is 0 Å². The van der Waals surface area contributed by atoms with Gasteiger partial charge in [0.1, 0.15) is 5.82 Å². The first-order valence-electron chi connectivity index (χ1n) is 13.7. The van der Waals surface area contributed by atoms with E-state index in [4.69, 9.17) is 0 Å². The molecule has 1 aliphatic rings. The molecule has 4 heterocycles. The second-order valence-electron chi connectivity index (χ2n) is 11.3. The zero-order valence-corrected chi connectivity index (χ0v) is 23.5. The van der Waals surface area contributed by atoms with Gasteiger partial charge in [-0.3, -0.25) is 9.13 Å². The van der Waals surface area contributed by atoms with Crippen LogP contribution in [0.1, 0.15) is 64.3 Å². The van der Waals surface area contributed by atoms with Crippen molar-refractivity contribution >= 4 is 0 Å². The van der Waals surface area contributed by atoms with Crippen LogP contribution in [0.3, 0.4) is 0 Å². The second-order valence-corrected chi connectivity index (χ2v) is 11.3.